The van der Waals surface area contributed by atoms with Gasteiger partial charge in [0.1, 0.15) is 0 Å². The van der Waals surface area contributed by atoms with Crippen molar-refractivity contribution < 1.29 is 78.1 Å². The van der Waals surface area contributed by atoms with Gasteiger partial charge in [0.25, 0.3) is 0 Å². The molecule has 0 saturated heterocycles. The van der Waals surface area contributed by atoms with Gasteiger partial charge in [0.05, 0.1) is 0 Å². The Kier molecular flexibility index (Phi) is 73.3. The summed E-state index contributed by atoms with van der Waals surface area (Å²) >= 11 is 0. The normalized spacial score (nSPS) is 6.83. The minimum absolute atomic E-state index is 0. The van der Waals surface area contributed by atoms with Crippen LogP contribution in [-0.4, -0.2) is 5.90 Å². The molecule has 0 atom stereocenters. The first-order chi connectivity index (χ1) is 21.4. The number of hydrogen-bond donors (Lipinski definition) is 0. The maximum atomic E-state index is 7.50. The van der Waals surface area contributed by atoms with Crippen LogP contribution >= 0.6 is 15.8 Å². The summed E-state index contributed by atoms with van der Waals surface area (Å²) in [6.45, 7) is 36.0. The molecule has 4 aromatic rings. The van der Waals surface area contributed by atoms with Gasteiger partial charge in [-0.15, -0.1) is 0 Å². The summed E-state index contributed by atoms with van der Waals surface area (Å²) in [4.78, 5) is 0. The zero-order valence-corrected chi connectivity index (χ0v) is 31.4. The summed E-state index contributed by atoms with van der Waals surface area (Å²) in [6.07, 6.45) is 0. The van der Waals surface area contributed by atoms with Crippen molar-refractivity contribution in [2.45, 2.75) is 0 Å². The molecule has 0 bridgehead atoms. The van der Waals surface area contributed by atoms with E-state index >= 15 is 0 Å². The summed E-state index contributed by atoms with van der Waals surface area (Å²) < 4.78 is 60.0. The number of rotatable bonds is 6. The Bertz CT molecular complexity index is 1090. The summed E-state index contributed by atoms with van der Waals surface area (Å²) in [6, 6.07) is 44.1. The third-order valence-corrected chi connectivity index (χ3v) is 10.5. The molecule has 2 radical (unpaired) electrons. The van der Waals surface area contributed by atoms with Gasteiger partial charge in [-0.3, -0.25) is 0 Å². The van der Waals surface area contributed by atoms with Gasteiger partial charge in [-0.25, -0.2) is 0 Å². The summed E-state index contributed by atoms with van der Waals surface area (Å²) in [5.74, 6) is 1.17. The zero-order chi connectivity index (χ0) is 34.3. The van der Waals surface area contributed by atoms with Gasteiger partial charge in [-0.2, -0.15) is 0 Å². The Morgan fingerprint density at radius 1 is 0.304 bits per heavy atom. The van der Waals surface area contributed by atoms with Gasteiger partial charge in [0.15, 0.2) is 0 Å². The topological polar surface area (TPSA) is 159 Å². The quantitative estimate of drug-likeness (QED) is 0.139. The first kappa shape index (κ1) is 61.9. The third-order valence-electron chi connectivity index (χ3n) is 4.55. The molecule has 8 nitrogen and oxygen atoms in total. The summed E-state index contributed by atoms with van der Waals surface area (Å²) in [7, 11) is -0.817. The maximum Gasteiger partial charge on any atom is 0.00405 e. The first-order valence-corrected chi connectivity index (χ1v) is 13.9. The predicted molar refractivity (Wildman–Crippen MR) is 161 cm³/mol. The van der Waals surface area contributed by atoms with Gasteiger partial charge in [-0.1, -0.05) is 121 Å². The Labute approximate surface area is 301 Å². The SMILES string of the molecule is [C-]#[O+].[C-]#[O+].[C-]#[O+].[C-]#[O+].[C-]#[O+].[C-]#[O+].[C-]#[O+].[C-]#[O+].[CH3-].[Re].[Re].c1ccc(P(CP(c2ccccc2)c2ccccc2)c2ccccc2)cc1. The van der Waals surface area contributed by atoms with Crippen LogP contribution in [0.2, 0.25) is 0 Å². The molecule has 46 heavy (non-hydrogen) atoms. The van der Waals surface area contributed by atoms with E-state index in [1.54, 1.807) is 0 Å². The van der Waals surface area contributed by atoms with Crippen LogP contribution in [0.25, 0.3) is 0 Å². The van der Waals surface area contributed by atoms with E-state index < -0.39 is 15.8 Å². The molecule has 234 valence electrons. The molecule has 0 aliphatic carbocycles. The third kappa shape index (κ3) is 27.3. The largest absolute Gasteiger partial charge is 0.358 e. The molecule has 0 unspecified atom stereocenters. The Hall–Kier alpha value is -3.02. The molecule has 0 N–H and O–H groups in total. The van der Waals surface area contributed by atoms with E-state index in [1.807, 2.05) is 0 Å². The number of benzene rings is 4. The monoisotopic (exact) mass is 997 g/mol. The second-order valence-corrected chi connectivity index (χ2v) is 11.2. The average Bonchev–Trinajstić information content (AvgIpc) is 3.17. The van der Waals surface area contributed by atoms with E-state index in [0.717, 1.165) is 0 Å². The van der Waals surface area contributed by atoms with E-state index in [1.165, 1.54) is 27.1 Å². The minimum atomic E-state index is -0.409. The standard InChI is InChI=1S/C25H22P2.8CO.CH3.2Re/c1-5-13-22(14-6-1)26(23-15-7-2-8-16-23)21-27(24-17-9-3-10-18-24)25-19-11-4-12-20-25;8*1-2;;;/h1-20H,21H2;;;;;;;;;1H3;;/q;;;;;;;;;-1;;. The van der Waals surface area contributed by atoms with Gasteiger partial charge in [-0.05, 0) is 37.1 Å². The molecule has 0 spiro atoms. The fourth-order valence-corrected chi connectivity index (χ4v) is 9.67. The fraction of sp³-hybridized carbons (Fsp3) is 0.0294. The van der Waals surface area contributed by atoms with Gasteiger partial charge in [0.2, 0.25) is 0 Å². The van der Waals surface area contributed by atoms with Gasteiger partial charge < -0.3 is 7.43 Å². The minimum Gasteiger partial charge on any atom is -0.358 e. The van der Waals surface area contributed by atoms with E-state index in [9.17, 15) is 0 Å². The van der Waals surface area contributed by atoms with Crippen molar-refractivity contribution in [2.75, 3.05) is 5.90 Å². The van der Waals surface area contributed by atoms with E-state index in [0.29, 0.717) is 0 Å². The van der Waals surface area contributed by atoms with Crippen LogP contribution in [0.5, 0.6) is 0 Å². The van der Waals surface area contributed by atoms with Crippen LogP contribution in [0.15, 0.2) is 121 Å². The molecule has 4 rings (SSSR count). The van der Waals surface area contributed by atoms with Crippen LogP contribution in [-0.2, 0) is 78.1 Å². The summed E-state index contributed by atoms with van der Waals surface area (Å²) in [5, 5.41) is 5.83. The molecule has 0 aliphatic rings. The Balaban J connectivity index is -0.000000112. The van der Waals surface area contributed by atoms with E-state index in [4.69, 9.17) is 37.2 Å². The Morgan fingerprint density at radius 3 is 0.565 bits per heavy atom. The molecule has 4 aromatic carbocycles. The van der Waals surface area contributed by atoms with E-state index in [2.05, 4.69) is 175 Å². The first-order valence-electron chi connectivity index (χ1n) is 10.8. The molecule has 0 fully saturated rings. The van der Waals surface area contributed by atoms with Crippen molar-refractivity contribution >= 4 is 37.1 Å². The second kappa shape index (κ2) is 54.5. The van der Waals surface area contributed by atoms with Crippen LogP contribution in [0.1, 0.15) is 0 Å². The van der Waals surface area contributed by atoms with Crippen molar-refractivity contribution in [3.05, 3.63) is 182 Å². The summed E-state index contributed by atoms with van der Waals surface area (Å²) in [5.41, 5.74) is 0. The molecular formula is C34H25O8P2Re2-. The van der Waals surface area contributed by atoms with Crippen molar-refractivity contribution in [2.24, 2.45) is 0 Å². The molecular weight excluding hydrogens is 971 g/mol. The molecule has 0 aromatic heterocycles. The van der Waals surface area contributed by atoms with E-state index in [-0.39, 0.29) is 48.3 Å². The molecule has 0 saturated carbocycles. The molecule has 0 amide bonds. The predicted octanol–water partition coefficient (Wildman–Crippen LogP) is 5.35. The molecule has 12 heteroatoms. The smallest absolute Gasteiger partial charge is 0.00405 e. The van der Waals surface area contributed by atoms with Crippen molar-refractivity contribution in [1.29, 1.82) is 0 Å². The average molecular weight is 996 g/mol. The van der Waals surface area contributed by atoms with Crippen LogP contribution < -0.4 is 21.2 Å². The second-order valence-electron chi connectivity index (χ2n) is 6.34. The molecule has 0 heterocycles. The van der Waals surface area contributed by atoms with Crippen molar-refractivity contribution in [1.82, 2.24) is 0 Å². The van der Waals surface area contributed by atoms with Crippen LogP contribution in [0.4, 0.5) is 0 Å². The Morgan fingerprint density at radius 2 is 0.435 bits per heavy atom. The fourth-order valence-electron chi connectivity index (χ4n) is 3.20. The van der Waals surface area contributed by atoms with Crippen LogP contribution in [0, 0.1) is 60.6 Å². The van der Waals surface area contributed by atoms with Crippen molar-refractivity contribution in [3.63, 3.8) is 0 Å². The van der Waals surface area contributed by atoms with Crippen LogP contribution in [0.3, 0.4) is 0 Å². The maximum absolute atomic E-state index is 7.50. The molecule has 0 aliphatic heterocycles. The van der Waals surface area contributed by atoms with Gasteiger partial charge >= 0.3 is 90.4 Å². The zero-order valence-electron chi connectivity index (χ0n) is 24.2. The number of hydrogen-bond acceptors (Lipinski definition) is 0. The van der Waals surface area contributed by atoms with Gasteiger partial charge in [0, 0.05) is 46.7 Å². The van der Waals surface area contributed by atoms with Crippen molar-refractivity contribution in [3.8, 4) is 0 Å².